The van der Waals surface area contributed by atoms with Crippen LogP contribution in [0.2, 0.25) is 0 Å². The van der Waals surface area contributed by atoms with Crippen molar-refractivity contribution in [1.82, 2.24) is 0 Å². The molecule has 0 radical (unpaired) electrons. The number of hydrogen-bond acceptors (Lipinski definition) is 3. The molecule has 0 saturated heterocycles. The zero-order valence-electron chi connectivity index (χ0n) is 23.7. The Labute approximate surface area is 214 Å². The Morgan fingerprint density at radius 1 is 0.943 bits per heavy atom. The zero-order valence-corrected chi connectivity index (χ0v) is 23.7. The Morgan fingerprint density at radius 2 is 1.66 bits per heavy atom. The van der Waals surface area contributed by atoms with E-state index in [-0.39, 0.29) is 39.1 Å². The van der Waals surface area contributed by atoms with E-state index in [1.54, 1.807) is 12.5 Å². The fourth-order valence-corrected chi connectivity index (χ4v) is 11.1. The van der Waals surface area contributed by atoms with Gasteiger partial charge < -0.3 is 9.53 Å². The van der Waals surface area contributed by atoms with Gasteiger partial charge in [-0.05, 0) is 104 Å². The summed E-state index contributed by atoms with van der Waals surface area (Å²) < 4.78 is 5.89. The first kappa shape index (κ1) is 25.5. The maximum Gasteiger partial charge on any atom is 0.302 e. The normalized spacial score (nSPS) is 52.6. The summed E-state index contributed by atoms with van der Waals surface area (Å²) in [5.74, 6) is 2.75. The summed E-state index contributed by atoms with van der Waals surface area (Å²) >= 11 is 0. The van der Waals surface area contributed by atoms with Gasteiger partial charge in [-0.15, -0.1) is 0 Å². The van der Waals surface area contributed by atoms with Crippen LogP contribution in [0.4, 0.5) is 0 Å². The van der Waals surface area contributed by atoms with Gasteiger partial charge in [-0.1, -0.05) is 60.1 Å². The summed E-state index contributed by atoms with van der Waals surface area (Å²) in [6, 6.07) is 0. The van der Waals surface area contributed by atoms with Crippen molar-refractivity contribution in [3.63, 3.8) is 0 Å². The monoisotopic (exact) mass is 482 g/mol. The molecular formula is C32H50O3. The third kappa shape index (κ3) is 3.21. The molecule has 4 saturated carbocycles. The van der Waals surface area contributed by atoms with E-state index in [2.05, 4.69) is 54.5 Å². The Kier molecular flexibility index (Phi) is 5.79. The van der Waals surface area contributed by atoms with Crippen molar-refractivity contribution in [2.24, 2.45) is 56.7 Å². The van der Waals surface area contributed by atoms with Crippen LogP contribution in [0.25, 0.3) is 0 Å². The van der Waals surface area contributed by atoms with Crippen LogP contribution in [0.5, 0.6) is 0 Å². The van der Waals surface area contributed by atoms with Gasteiger partial charge >= 0.3 is 5.97 Å². The smallest absolute Gasteiger partial charge is 0.302 e. The lowest BCUT2D eigenvalue weighted by Gasteiger charge is -2.71. The standard InChI is InChI=1S/C32H50O3/c1-20-11-16-32(19-33)18-17-30(7)23(27(32)21(20)2)9-10-25-29(6)14-13-26(35-22(3)34)28(4,5)24(29)12-15-31(25,30)8/h9,19-21,24-27H,10-18H2,1-8H3/t20-,21+,24+,25-,26+,27+,29+,30-,31-,32-/m1/s1. The molecule has 5 aliphatic rings. The van der Waals surface area contributed by atoms with Crippen LogP contribution in [0.3, 0.4) is 0 Å². The molecule has 10 atom stereocenters. The maximum atomic E-state index is 12.7. The van der Waals surface area contributed by atoms with Crippen molar-refractivity contribution in [3.8, 4) is 0 Å². The summed E-state index contributed by atoms with van der Waals surface area (Å²) in [4.78, 5) is 24.5. The second kappa shape index (κ2) is 7.94. The van der Waals surface area contributed by atoms with E-state index < -0.39 is 0 Å². The minimum atomic E-state index is -0.137. The first-order valence-electron chi connectivity index (χ1n) is 14.6. The highest BCUT2D eigenvalue weighted by molar-refractivity contribution is 5.66. The number of allylic oxidation sites excluding steroid dienone is 2. The molecule has 0 aromatic carbocycles. The van der Waals surface area contributed by atoms with Crippen LogP contribution < -0.4 is 0 Å². The van der Waals surface area contributed by atoms with E-state index in [0.717, 1.165) is 38.5 Å². The zero-order chi connectivity index (χ0) is 25.6. The Balaban J connectivity index is 1.55. The second-order valence-electron chi connectivity index (χ2n) is 15.0. The fraction of sp³-hybridized carbons (Fsp3) is 0.875. The second-order valence-corrected chi connectivity index (χ2v) is 15.0. The number of aldehydes is 1. The number of hydrogen-bond donors (Lipinski definition) is 0. The Morgan fingerprint density at radius 3 is 2.31 bits per heavy atom. The van der Waals surface area contributed by atoms with Crippen molar-refractivity contribution in [2.75, 3.05) is 0 Å². The molecule has 35 heavy (non-hydrogen) atoms. The quantitative estimate of drug-likeness (QED) is 0.229. The van der Waals surface area contributed by atoms with Crippen LogP contribution in [0, 0.1) is 56.7 Å². The van der Waals surface area contributed by atoms with Crippen molar-refractivity contribution in [3.05, 3.63) is 11.6 Å². The van der Waals surface area contributed by atoms with E-state index in [1.807, 2.05) is 0 Å². The van der Waals surface area contributed by atoms with E-state index in [1.165, 1.54) is 25.5 Å². The Hall–Kier alpha value is -1.12. The van der Waals surface area contributed by atoms with Crippen LogP contribution >= 0.6 is 0 Å². The predicted molar refractivity (Wildman–Crippen MR) is 141 cm³/mol. The van der Waals surface area contributed by atoms with Gasteiger partial charge in [0.25, 0.3) is 0 Å². The Bertz CT molecular complexity index is 933. The van der Waals surface area contributed by atoms with Gasteiger partial charge in [0.1, 0.15) is 12.4 Å². The summed E-state index contributed by atoms with van der Waals surface area (Å²) in [5.41, 5.74) is 2.20. The molecule has 0 spiro atoms. The molecule has 0 aliphatic heterocycles. The third-order valence-corrected chi connectivity index (χ3v) is 13.5. The van der Waals surface area contributed by atoms with Gasteiger partial charge in [-0.25, -0.2) is 0 Å². The molecule has 0 aromatic rings. The highest BCUT2D eigenvalue weighted by Crippen LogP contribution is 2.75. The molecule has 4 fully saturated rings. The van der Waals surface area contributed by atoms with Crippen molar-refractivity contribution in [1.29, 1.82) is 0 Å². The molecule has 0 aromatic heterocycles. The van der Waals surface area contributed by atoms with Gasteiger partial charge in [-0.3, -0.25) is 4.79 Å². The van der Waals surface area contributed by atoms with Gasteiger partial charge in [0.2, 0.25) is 0 Å². The first-order chi connectivity index (χ1) is 16.3. The summed E-state index contributed by atoms with van der Waals surface area (Å²) in [6.07, 6.45) is 14.3. The van der Waals surface area contributed by atoms with Crippen molar-refractivity contribution < 1.29 is 14.3 Å². The summed E-state index contributed by atoms with van der Waals surface area (Å²) in [7, 11) is 0. The van der Waals surface area contributed by atoms with E-state index in [0.29, 0.717) is 29.6 Å². The van der Waals surface area contributed by atoms with Crippen LogP contribution in [0.15, 0.2) is 11.6 Å². The lowest BCUT2D eigenvalue weighted by molar-refractivity contribution is -0.212. The van der Waals surface area contributed by atoms with Crippen molar-refractivity contribution in [2.45, 2.75) is 119 Å². The largest absolute Gasteiger partial charge is 0.462 e. The fourth-order valence-electron chi connectivity index (χ4n) is 11.1. The van der Waals surface area contributed by atoms with Crippen LogP contribution in [-0.2, 0) is 14.3 Å². The van der Waals surface area contributed by atoms with Crippen LogP contribution in [0.1, 0.15) is 113 Å². The highest BCUT2D eigenvalue weighted by Gasteiger charge is 2.68. The third-order valence-electron chi connectivity index (χ3n) is 13.5. The maximum absolute atomic E-state index is 12.7. The molecule has 196 valence electrons. The molecule has 5 rings (SSSR count). The number of fused-ring (bicyclic) bond motifs is 7. The molecule has 5 aliphatic carbocycles. The number of carbonyl (C=O) groups is 2. The number of esters is 1. The molecule has 3 heteroatoms. The minimum Gasteiger partial charge on any atom is -0.462 e. The molecule has 0 amide bonds. The van der Waals surface area contributed by atoms with Crippen LogP contribution in [-0.4, -0.2) is 18.4 Å². The number of carbonyl (C=O) groups excluding carboxylic acids is 2. The van der Waals surface area contributed by atoms with E-state index in [9.17, 15) is 9.59 Å². The van der Waals surface area contributed by atoms with Crippen molar-refractivity contribution >= 4 is 12.3 Å². The van der Waals surface area contributed by atoms with E-state index in [4.69, 9.17) is 4.74 Å². The van der Waals surface area contributed by atoms with Gasteiger partial charge in [-0.2, -0.15) is 0 Å². The van der Waals surface area contributed by atoms with E-state index >= 15 is 0 Å². The first-order valence-corrected chi connectivity index (χ1v) is 14.6. The molecule has 3 nitrogen and oxygen atoms in total. The van der Waals surface area contributed by atoms with Gasteiger partial charge in [0, 0.05) is 17.8 Å². The lowest BCUT2D eigenvalue weighted by Crippen LogP contribution is -2.65. The number of ether oxygens (including phenoxy) is 1. The minimum absolute atomic E-state index is 0.00253. The highest BCUT2D eigenvalue weighted by atomic mass is 16.5. The lowest BCUT2D eigenvalue weighted by atomic mass is 9.33. The average molecular weight is 483 g/mol. The molecule has 0 unspecified atom stereocenters. The summed E-state index contributed by atoms with van der Waals surface area (Å²) in [5, 5.41) is 0. The number of rotatable bonds is 2. The molecule has 0 bridgehead atoms. The van der Waals surface area contributed by atoms with Gasteiger partial charge in [0.05, 0.1) is 0 Å². The summed E-state index contributed by atoms with van der Waals surface area (Å²) in [6.45, 7) is 18.9. The molecule has 0 heterocycles. The predicted octanol–water partition coefficient (Wildman–Crippen LogP) is 7.77. The topological polar surface area (TPSA) is 43.4 Å². The average Bonchev–Trinajstić information content (AvgIpc) is 2.78. The SMILES string of the molecule is CC(=O)O[C@H]1CC[C@]2(C)[C@H]3CC=C4[C@@H]5[C@@H](C)[C@H](C)CC[C@]5(C=O)CC[C@@]4(C)[C@]3(C)CC[C@H]2C1(C)C. The molecular weight excluding hydrogens is 432 g/mol. The van der Waals surface area contributed by atoms with Gasteiger partial charge in [0.15, 0.2) is 0 Å². The molecule has 0 N–H and O–H groups in total.